The van der Waals surface area contributed by atoms with Crippen LogP contribution in [-0.2, 0) is 6.18 Å². The van der Waals surface area contributed by atoms with E-state index >= 15 is 0 Å². The van der Waals surface area contributed by atoms with E-state index < -0.39 is 23.6 Å². The average molecular weight is 301 g/mol. The van der Waals surface area contributed by atoms with E-state index in [1.165, 1.54) is 6.07 Å². The highest BCUT2D eigenvalue weighted by molar-refractivity contribution is 5.85. The summed E-state index contributed by atoms with van der Waals surface area (Å²) in [7, 11) is 0. The maximum atomic E-state index is 13.3. The van der Waals surface area contributed by atoms with Crippen molar-refractivity contribution in [3.05, 3.63) is 35.1 Å². The largest absolute Gasteiger partial charge is 0.419 e. The van der Waals surface area contributed by atoms with Gasteiger partial charge in [-0.1, -0.05) is 12.5 Å². The number of rotatable bonds is 5. The van der Waals surface area contributed by atoms with Crippen LogP contribution in [0.15, 0.2) is 18.2 Å². The zero-order valence-electron chi connectivity index (χ0n) is 10.2. The molecule has 2 nitrogen and oxygen atoms in total. The lowest BCUT2D eigenvalue weighted by Crippen LogP contribution is -2.13. The van der Waals surface area contributed by atoms with Crippen molar-refractivity contribution in [1.29, 1.82) is 0 Å². The van der Waals surface area contributed by atoms with Gasteiger partial charge in [0, 0.05) is 6.04 Å². The van der Waals surface area contributed by atoms with E-state index in [4.69, 9.17) is 11.5 Å². The average Bonchev–Trinajstić information content (AvgIpc) is 2.27. The van der Waals surface area contributed by atoms with Crippen LogP contribution in [0.4, 0.5) is 17.6 Å². The third-order valence-electron chi connectivity index (χ3n) is 2.70. The van der Waals surface area contributed by atoms with Crippen molar-refractivity contribution in [2.45, 2.75) is 31.5 Å². The first-order valence-electron chi connectivity index (χ1n) is 5.68. The second-order valence-corrected chi connectivity index (χ2v) is 4.13. The van der Waals surface area contributed by atoms with E-state index in [1.54, 1.807) is 0 Å². The van der Waals surface area contributed by atoms with Crippen LogP contribution >= 0.6 is 12.4 Å². The van der Waals surface area contributed by atoms with E-state index in [1.807, 2.05) is 0 Å². The molecular formula is C12H17ClF4N2. The summed E-state index contributed by atoms with van der Waals surface area (Å²) in [6.07, 6.45) is -2.55. The Morgan fingerprint density at radius 3 is 2.26 bits per heavy atom. The fraction of sp³-hybridized carbons (Fsp3) is 0.500. The molecule has 1 rings (SSSR count). The highest BCUT2D eigenvalue weighted by Crippen LogP contribution is 2.32. The lowest BCUT2D eigenvalue weighted by molar-refractivity contribution is -0.140. The Morgan fingerprint density at radius 1 is 1.16 bits per heavy atom. The smallest absolute Gasteiger partial charge is 0.330 e. The van der Waals surface area contributed by atoms with Crippen molar-refractivity contribution in [2.24, 2.45) is 11.5 Å². The molecule has 0 radical (unpaired) electrons. The summed E-state index contributed by atoms with van der Waals surface area (Å²) in [5.74, 6) is -1.28. The molecule has 0 amide bonds. The molecule has 1 aromatic rings. The summed E-state index contributed by atoms with van der Waals surface area (Å²) in [4.78, 5) is 0. The fourth-order valence-electron chi connectivity index (χ4n) is 1.67. The molecule has 4 N–H and O–H groups in total. The van der Waals surface area contributed by atoms with Gasteiger partial charge in [0.15, 0.2) is 0 Å². The van der Waals surface area contributed by atoms with Crippen molar-refractivity contribution in [2.75, 3.05) is 6.54 Å². The van der Waals surface area contributed by atoms with Crippen LogP contribution in [0.3, 0.4) is 0 Å². The minimum atomic E-state index is -4.67. The van der Waals surface area contributed by atoms with Crippen molar-refractivity contribution >= 4 is 12.4 Å². The number of hydrogen-bond donors (Lipinski definition) is 2. The molecule has 0 unspecified atom stereocenters. The van der Waals surface area contributed by atoms with Crippen LogP contribution in [0, 0.1) is 5.82 Å². The number of unbranched alkanes of at least 4 members (excludes halogenated alkanes) is 1. The van der Waals surface area contributed by atoms with Gasteiger partial charge in [-0.15, -0.1) is 12.4 Å². The molecule has 0 aromatic heterocycles. The second-order valence-electron chi connectivity index (χ2n) is 4.13. The number of nitrogens with two attached hydrogens (primary N) is 2. The maximum Gasteiger partial charge on any atom is 0.419 e. The molecule has 0 aliphatic rings. The third-order valence-corrected chi connectivity index (χ3v) is 2.70. The first-order chi connectivity index (χ1) is 8.36. The Balaban J connectivity index is 0.00000324. The van der Waals surface area contributed by atoms with Gasteiger partial charge in [0.25, 0.3) is 0 Å². The van der Waals surface area contributed by atoms with Gasteiger partial charge in [0.2, 0.25) is 0 Å². The van der Waals surface area contributed by atoms with Gasteiger partial charge in [0.1, 0.15) is 5.82 Å². The van der Waals surface area contributed by atoms with Crippen LogP contribution in [0.1, 0.15) is 36.4 Å². The molecule has 0 aliphatic carbocycles. The minimum Gasteiger partial charge on any atom is -0.330 e. The van der Waals surface area contributed by atoms with Gasteiger partial charge >= 0.3 is 6.18 Å². The molecule has 1 atom stereocenters. The molecule has 0 heterocycles. The van der Waals surface area contributed by atoms with Gasteiger partial charge in [-0.25, -0.2) is 4.39 Å². The third kappa shape index (κ3) is 5.34. The Bertz CT molecular complexity index is 396. The first-order valence-corrected chi connectivity index (χ1v) is 5.68. The number of alkyl halides is 3. The minimum absolute atomic E-state index is 0. The van der Waals surface area contributed by atoms with E-state index in [9.17, 15) is 17.6 Å². The topological polar surface area (TPSA) is 52.0 Å². The normalized spacial score (nSPS) is 12.9. The van der Waals surface area contributed by atoms with Crippen molar-refractivity contribution in [3.63, 3.8) is 0 Å². The number of benzene rings is 1. The van der Waals surface area contributed by atoms with Gasteiger partial charge in [-0.05, 0) is 37.1 Å². The Morgan fingerprint density at radius 2 is 1.79 bits per heavy atom. The van der Waals surface area contributed by atoms with Crippen molar-refractivity contribution in [3.8, 4) is 0 Å². The lowest BCUT2D eigenvalue weighted by Gasteiger charge is -2.14. The zero-order chi connectivity index (χ0) is 13.8. The molecule has 0 aliphatic heterocycles. The Labute approximate surface area is 115 Å². The number of hydrogen-bond acceptors (Lipinski definition) is 2. The predicted molar refractivity (Wildman–Crippen MR) is 68.5 cm³/mol. The molecule has 19 heavy (non-hydrogen) atoms. The molecule has 0 fully saturated rings. The SMILES string of the molecule is Cl.NCCCC[C@H](N)c1ccc(C(F)(F)F)c(F)c1. The fourth-order valence-corrected chi connectivity index (χ4v) is 1.67. The highest BCUT2D eigenvalue weighted by atomic mass is 35.5. The molecule has 1 aromatic carbocycles. The Kier molecular flexibility index (Phi) is 7.33. The zero-order valence-corrected chi connectivity index (χ0v) is 11.0. The summed E-state index contributed by atoms with van der Waals surface area (Å²) >= 11 is 0. The molecular weight excluding hydrogens is 284 g/mol. The van der Waals surface area contributed by atoms with E-state index in [-0.39, 0.29) is 12.4 Å². The van der Waals surface area contributed by atoms with Gasteiger partial charge in [0.05, 0.1) is 5.56 Å². The molecule has 0 saturated carbocycles. The van der Waals surface area contributed by atoms with Crippen LogP contribution in [0.5, 0.6) is 0 Å². The summed E-state index contributed by atoms with van der Waals surface area (Å²) in [5, 5.41) is 0. The van der Waals surface area contributed by atoms with Crippen LogP contribution in [-0.4, -0.2) is 6.54 Å². The summed E-state index contributed by atoms with van der Waals surface area (Å²) < 4.78 is 50.3. The van der Waals surface area contributed by atoms with Crippen LogP contribution < -0.4 is 11.5 Å². The van der Waals surface area contributed by atoms with Crippen LogP contribution in [0.25, 0.3) is 0 Å². The standard InChI is InChI=1S/C12H16F4N2.ClH/c13-10-7-8(11(18)3-1-2-6-17)4-5-9(10)12(14,15)16;/h4-5,7,11H,1-3,6,17-18H2;1H/t11-;/m0./s1. The Hall–Kier alpha value is -0.850. The quantitative estimate of drug-likeness (QED) is 0.647. The van der Waals surface area contributed by atoms with Gasteiger partial charge in [-0.2, -0.15) is 13.2 Å². The van der Waals surface area contributed by atoms with E-state index in [0.29, 0.717) is 18.5 Å². The van der Waals surface area contributed by atoms with Crippen LogP contribution in [0.2, 0.25) is 0 Å². The first kappa shape index (κ1) is 18.1. The molecule has 0 bridgehead atoms. The molecule has 0 saturated heterocycles. The van der Waals surface area contributed by atoms with E-state index in [2.05, 4.69) is 0 Å². The second kappa shape index (κ2) is 7.67. The molecule has 110 valence electrons. The highest BCUT2D eigenvalue weighted by Gasteiger charge is 2.34. The monoisotopic (exact) mass is 300 g/mol. The molecule has 0 spiro atoms. The summed E-state index contributed by atoms with van der Waals surface area (Å²) in [6.45, 7) is 0.536. The summed E-state index contributed by atoms with van der Waals surface area (Å²) in [5.41, 5.74) is 10.2. The molecule has 7 heteroatoms. The van der Waals surface area contributed by atoms with Gasteiger partial charge < -0.3 is 11.5 Å². The lowest BCUT2D eigenvalue weighted by atomic mass is 10.00. The van der Waals surface area contributed by atoms with Crippen molar-refractivity contribution < 1.29 is 17.6 Å². The van der Waals surface area contributed by atoms with E-state index in [0.717, 1.165) is 25.0 Å². The van der Waals surface area contributed by atoms with Gasteiger partial charge in [-0.3, -0.25) is 0 Å². The van der Waals surface area contributed by atoms with Crippen molar-refractivity contribution in [1.82, 2.24) is 0 Å². The summed E-state index contributed by atoms with van der Waals surface area (Å²) in [6, 6.07) is 2.34. The maximum absolute atomic E-state index is 13.3. The number of halogens is 5. The predicted octanol–water partition coefficient (Wildman–Crippen LogP) is 3.40.